The third-order valence-corrected chi connectivity index (χ3v) is 3.37. The van der Waals surface area contributed by atoms with Gasteiger partial charge in [0.1, 0.15) is 11.6 Å². The Hall–Kier alpha value is -2.40. The van der Waals surface area contributed by atoms with Crippen molar-refractivity contribution in [1.29, 1.82) is 0 Å². The molecule has 0 aliphatic carbocycles. The lowest BCUT2D eigenvalue weighted by atomic mass is 10.2. The Balaban J connectivity index is 1.69. The minimum atomic E-state index is -0.101. The van der Waals surface area contributed by atoms with Crippen molar-refractivity contribution in [2.45, 2.75) is 25.9 Å². The summed E-state index contributed by atoms with van der Waals surface area (Å²) in [6.45, 7) is 2.59. The van der Waals surface area contributed by atoms with E-state index in [9.17, 15) is 4.79 Å². The number of nitrogens with one attached hydrogen (secondary N) is 2. The van der Waals surface area contributed by atoms with Gasteiger partial charge in [-0.05, 0) is 31.2 Å². The molecule has 5 heteroatoms. The van der Waals surface area contributed by atoms with Gasteiger partial charge in [0.15, 0.2) is 0 Å². The third kappa shape index (κ3) is 3.20. The molecule has 1 atom stereocenters. The number of hydrogen-bond donors (Lipinski definition) is 2. The van der Waals surface area contributed by atoms with Gasteiger partial charge in [-0.2, -0.15) is 0 Å². The molecule has 5 nitrogen and oxygen atoms in total. The molecule has 0 aliphatic rings. The second-order valence-electron chi connectivity index (χ2n) is 5.10. The lowest BCUT2D eigenvalue weighted by Crippen LogP contribution is -2.29. The van der Waals surface area contributed by atoms with Gasteiger partial charge in [-0.1, -0.05) is 12.1 Å². The molecule has 3 rings (SSSR count). The molecular weight excluding hydrogens is 266 g/mol. The van der Waals surface area contributed by atoms with Gasteiger partial charge in [0.25, 0.3) is 5.56 Å². The maximum absolute atomic E-state index is 12.0. The molecule has 2 heterocycles. The molecule has 3 aromatic rings. The van der Waals surface area contributed by atoms with Gasteiger partial charge in [-0.25, -0.2) is 4.98 Å². The Kier molecular flexibility index (Phi) is 3.83. The molecular formula is C16H17N3O2. The molecule has 2 aromatic heterocycles. The van der Waals surface area contributed by atoms with Gasteiger partial charge in [0.05, 0.1) is 23.7 Å². The normalized spacial score (nSPS) is 12.6. The van der Waals surface area contributed by atoms with E-state index in [4.69, 9.17) is 4.42 Å². The molecule has 2 N–H and O–H groups in total. The van der Waals surface area contributed by atoms with Crippen molar-refractivity contribution in [2.24, 2.45) is 0 Å². The zero-order valence-corrected chi connectivity index (χ0v) is 11.8. The maximum atomic E-state index is 12.0. The van der Waals surface area contributed by atoms with Crippen LogP contribution in [0.25, 0.3) is 10.9 Å². The first-order valence-electron chi connectivity index (χ1n) is 6.96. The van der Waals surface area contributed by atoms with Crippen molar-refractivity contribution < 1.29 is 4.42 Å². The van der Waals surface area contributed by atoms with Crippen molar-refractivity contribution >= 4 is 10.9 Å². The second kappa shape index (κ2) is 5.93. The molecule has 0 saturated carbocycles. The highest BCUT2D eigenvalue weighted by atomic mass is 16.3. The topological polar surface area (TPSA) is 70.9 Å². The number of nitrogens with zero attached hydrogens (tertiary/aromatic N) is 1. The monoisotopic (exact) mass is 283 g/mol. The van der Waals surface area contributed by atoms with E-state index in [0.717, 1.165) is 17.7 Å². The molecule has 0 fully saturated rings. The number of fused-ring (bicyclic) bond motifs is 1. The van der Waals surface area contributed by atoms with Crippen LogP contribution in [0.5, 0.6) is 0 Å². The van der Waals surface area contributed by atoms with Crippen molar-refractivity contribution in [1.82, 2.24) is 15.3 Å². The number of benzene rings is 1. The molecule has 1 aromatic carbocycles. The van der Waals surface area contributed by atoms with E-state index < -0.39 is 0 Å². The van der Waals surface area contributed by atoms with Crippen LogP contribution >= 0.6 is 0 Å². The zero-order chi connectivity index (χ0) is 14.7. The predicted octanol–water partition coefficient (Wildman–Crippen LogP) is 2.24. The minimum absolute atomic E-state index is 0.101. The molecule has 0 radical (unpaired) electrons. The average Bonchev–Trinajstić information content (AvgIpc) is 2.98. The van der Waals surface area contributed by atoms with Gasteiger partial charge >= 0.3 is 0 Å². The summed E-state index contributed by atoms with van der Waals surface area (Å²) in [6, 6.07) is 11.4. The van der Waals surface area contributed by atoms with E-state index in [1.165, 1.54) is 0 Å². The number of para-hydroxylation sites is 1. The van der Waals surface area contributed by atoms with Crippen LogP contribution in [-0.2, 0) is 13.0 Å². The first kappa shape index (κ1) is 13.6. The number of furan rings is 1. The maximum Gasteiger partial charge on any atom is 0.258 e. The predicted molar refractivity (Wildman–Crippen MR) is 81.1 cm³/mol. The number of H-pyrrole nitrogens is 1. The SMILES string of the molecule is CC(Cc1ccco1)NCc1nc2ccccc2c(=O)[nH]1. The van der Waals surface area contributed by atoms with Gasteiger partial charge in [-0.3, -0.25) is 4.79 Å². The molecule has 21 heavy (non-hydrogen) atoms. The Morgan fingerprint density at radius 1 is 1.29 bits per heavy atom. The Morgan fingerprint density at radius 2 is 2.14 bits per heavy atom. The fraction of sp³-hybridized carbons (Fsp3) is 0.250. The summed E-state index contributed by atoms with van der Waals surface area (Å²) in [7, 11) is 0. The molecule has 0 bridgehead atoms. The van der Waals surface area contributed by atoms with Crippen LogP contribution in [0.15, 0.2) is 51.9 Å². The first-order valence-corrected chi connectivity index (χ1v) is 6.96. The molecule has 108 valence electrons. The van der Waals surface area contributed by atoms with Gasteiger partial charge in [0, 0.05) is 12.5 Å². The van der Waals surface area contributed by atoms with Crippen LogP contribution in [0, 0.1) is 0 Å². The third-order valence-electron chi connectivity index (χ3n) is 3.37. The Labute approximate surface area is 122 Å². The quantitative estimate of drug-likeness (QED) is 0.753. The standard InChI is InChI=1S/C16H17N3O2/c1-11(9-12-5-4-8-21-12)17-10-15-18-14-7-3-2-6-13(14)16(20)19-15/h2-8,11,17H,9-10H2,1H3,(H,18,19,20). The van der Waals surface area contributed by atoms with Crippen molar-refractivity contribution in [3.05, 3.63) is 64.6 Å². The van der Waals surface area contributed by atoms with Crippen molar-refractivity contribution in [2.75, 3.05) is 0 Å². The first-order chi connectivity index (χ1) is 10.2. The Bertz CT molecular complexity index is 778. The lowest BCUT2D eigenvalue weighted by Gasteiger charge is -2.12. The van der Waals surface area contributed by atoms with E-state index in [0.29, 0.717) is 17.8 Å². The smallest absolute Gasteiger partial charge is 0.258 e. The fourth-order valence-electron chi connectivity index (χ4n) is 2.29. The Morgan fingerprint density at radius 3 is 2.95 bits per heavy atom. The van der Waals surface area contributed by atoms with Crippen LogP contribution in [-0.4, -0.2) is 16.0 Å². The van der Waals surface area contributed by atoms with Crippen LogP contribution in [0.4, 0.5) is 0 Å². The number of aromatic amines is 1. The summed E-state index contributed by atoms with van der Waals surface area (Å²) in [6.07, 6.45) is 2.47. The summed E-state index contributed by atoms with van der Waals surface area (Å²) in [5.41, 5.74) is 0.618. The van der Waals surface area contributed by atoms with E-state index in [2.05, 4.69) is 22.2 Å². The number of rotatable bonds is 5. The lowest BCUT2D eigenvalue weighted by molar-refractivity contribution is 0.453. The summed E-state index contributed by atoms with van der Waals surface area (Å²) in [5, 5.41) is 3.95. The van der Waals surface area contributed by atoms with E-state index in [1.807, 2.05) is 30.3 Å². The van der Waals surface area contributed by atoms with Crippen molar-refractivity contribution in [3.8, 4) is 0 Å². The highest BCUT2D eigenvalue weighted by Gasteiger charge is 2.07. The van der Waals surface area contributed by atoms with Crippen LogP contribution in [0.2, 0.25) is 0 Å². The highest BCUT2D eigenvalue weighted by molar-refractivity contribution is 5.77. The van der Waals surface area contributed by atoms with E-state index >= 15 is 0 Å². The molecule has 0 spiro atoms. The van der Waals surface area contributed by atoms with Gasteiger partial charge < -0.3 is 14.7 Å². The molecule has 0 amide bonds. The molecule has 0 saturated heterocycles. The number of aromatic nitrogens is 2. The van der Waals surface area contributed by atoms with Gasteiger partial charge in [-0.15, -0.1) is 0 Å². The summed E-state index contributed by atoms with van der Waals surface area (Å²) >= 11 is 0. The van der Waals surface area contributed by atoms with Crippen LogP contribution in [0.1, 0.15) is 18.5 Å². The highest BCUT2D eigenvalue weighted by Crippen LogP contribution is 2.07. The van der Waals surface area contributed by atoms with Gasteiger partial charge in [0.2, 0.25) is 0 Å². The second-order valence-corrected chi connectivity index (χ2v) is 5.10. The number of hydrogen-bond acceptors (Lipinski definition) is 4. The average molecular weight is 283 g/mol. The van der Waals surface area contributed by atoms with E-state index in [-0.39, 0.29) is 11.6 Å². The van der Waals surface area contributed by atoms with Crippen LogP contribution in [0.3, 0.4) is 0 Å². The van der Waals surface area contributed by atoms with E-state index in [1.54, 1.807) is 12.3 Å². The van der Waals surface area contributed by atoms with Crippen molar-refractivity contribution in [3.63, 3.8) is 0 Å². The fourth-order valence-corrected chi connectivity index (χ4v) is 2.29. The summed E-state index contributed by atoms with van der Waals surface area (Å²) < 4.78 is 5.32. The zero-order valence-electron chi connectivity index (χ0n) is 11.8. The largest absolute Gasteiger partial charge is 0.469 e. The summed E-state index contributed by atoms with van der Waals surface area (Å²) in [4.78, 5) is 19.2. The minimum Gasteiger partial charge on any atom is -0.469 e. The van der Waals surface area contributed by atoms with Crippen LogP contribution < -0.4 is 10.9 Å². The molecule has 0 aliphatic heterocycles. The molecule has 1 unspecified atom stereocenters. The summed E-state index contributed by atoms with van der Waals surface area (Å²) in [5.74, 6) is 1.58.